The van der Waals surface area contributed by atoms with E-state index in [-0.39, 0.29) is 25.7 Å². The predicted octanol–water partition coefficient (Wildman–Crippen LogP) is 18.4. The molecule has 0 fully saturated rings. The van der Waals surface area contributed by atoms with Crippen LogP contribution in [0, 0.1) is 11.8 Å². The van der Waals surface area contributed by atoms with Crippen molar-refractivity contribution in [1.29, 1.82) is 0 Å². The highest BCUT2D eigenvalue weighted by atomic mass is 31.2. The fourth-order valence-corrected chi connectivity index (χ4v) is 11.5. The summed E-state index contributed by atoms with van der Waals surface area (Å²) in [6.07, 6.45) is 42.3. The van der Waals surface area contributed by atoms with Crippen LogP contribution in [0.25, 0.3) is 0 Å². The lowest BCUT2D eigenvalue weighted by molar-refractivity contribution is -0.161. The predicted molar refractivity (Wildman–Crippen MR) is 340 cm³/mol. The molecule has 0 aliphatic carbocycles. The normalized spacial score (nSPS) is 14.2. The van der Waals surface area contributed by atoms with Gasteiger partial charge < -0.3 is 33.8 Å². The first-order valence-electron chi connectivity index (χ1n) is 34.5. The molecule has 0 aliphatic heterocycles. The molecule has 0 saturated carbocycles. The molecule has 3 N–H and O–H groups in total. The van der Waals surface area contributed by atoms with Crippen molar-refractivity contribution in [2.24, 2.45) is 11.8 Å². The molecule has 0 rings (SSSR count). The Morgan fingerprint density at radius 1 is 0.318 bits per heavy atom. The number of phosphoric ester groups is 2. The summed E-state index contributed by atoms with van der Waals surface area (Å²) in [5.74, 6) is -0.704. The number of hydrogen-bond acceptors (Lipinski definition) is 15. The number of carbonyl (C=O) groups is 4. The lowest BCUT2D eigenvalue weighted by Gasteiger charge is -2.21. The smallest absolute Gasteiger partial charge is 0.462 e. The topological polar surface area (TPSA) is 237 Å². The molecule has 85 heavy (non-hydrogen) atoms. The van der Waals surface area contributed by atoms with Crippen LogP contribution in [0.1, 0.15) is 330 Å². The molecule has 19 heteroatoms. The minimum atomic E-state index is -4.95. The first-order valence-corrected chi connectivity index (χ1v) is 37.5. The molecule has 504 valence electrons. The summed E-state index contributed by atoms with van der Waals surface area (Å²) in [5, 5.41) is 10.5. The second-order valence-electron chi connectivity index (χ2n) is 24.8. The van der Waals surface area contributed by atoms with Crippen molar-refractivity contribution in [3.63, 3.8) is 0 Å². The fourth-order valence-electron chi connectivity index (χ4n) is 9.88. The van der Waals surface area contributed by atoms with Crippen molar-refractivity contribution in [2.75, 3.05) is 39.6 Å². The number of aliphatic hydroxyl groups excluding tert-OH is 1. The summed E-state index contributed by atoms with van der Waals surface area (Å²) < 4.78 is 67.9. The molecule has 0 bridgehead atoms. The first-order chi connectivity index (χ1) is 40.9. The Kier molecular flexibility index (Phi) is 57.1. The van der Waals surface area contributed by atoms with E-state index in [9.17, 15) is 43.2 Å². The third kappa shape index (κ3) is 60.7. The average Bonchev–Trinajstić information content (AvgIpc) is 3.52. The Morgan fingerprint density at radius 2 is 0.541 bits per heavy atom. The molecular weight excluding hydrogens is 1130 g/mol. The van der Waals surface area contributed by atoms with Crippen LogP contribution in [-0.4, -0.2) is 96.7 Å². The molecule has 0 heterocycles. The van der Waals surface area contributed by atoms with E-state index in [0.29, 0.717) is 31.6 Å². The van der Waals surface area contributed by atoms with Gasteiger partial charge in [0.25, 0.3) is 0 Å². The number of aliphatic hydroxyl groups is 1. The van der Waals surface area contributed by atoms with E-state index in [0.717, 1.165) is 102 Å². The Labute approximate surface area is 517 Å². The molecule has 5 atom stereocenters. The summed E-state index contributed by atoms with van der Waals surface area (Å²) in [6, 6.07) is 0. The largest absolute Gasteiger partial charge is 0.472 e. The molecule has 0 aromatic rings. The molecule has 0 amide bonds. The third-order valence-corrected chi connectivity index (χ3v) is 17.1. The van der Waals surface area contributed by atoms with Gasteiger partial charge in [-0.3, -0.25) is 37.3 Å². The van der Waals surface area contributed by atoms with Crippen LogP contribution < -0.4 is 0 Å². The van der Waals surface area contributed by atoms with Crippen molar-refractivity contribution in [2.45, 2.75) is 349 Å². The van der Waals surface area contributed by atoms with Crippen LogP contribution in [0.5, 0.6) is 0 Å². The van der Waals surface area contributed by atoms with Gasteiger partial charge in [0.1, 0.15) is 19.3 Å². The Bertz CT molecular complexity index is 1670. The summed E-state index contributed by atoms with van der Waals surface area (Å²) >= 11 is 0. The Balaban J connectivity index is 5.15. The fraction of sp³-hybridized carbons (Fsp3) is 0.939. The highest BCUT2D eigenvalue weighted by molar-refractivity contribution is 7.47. The number of rotatable bonds is 65. The standard InChI is InChI=1S/C66H128O17P2/c1-7-9-11-13-14-15-16-17-18-19-20-21-22-23-26-32-38-44-50-65(70)83-62(55-77-64(69)49-43-37-31-27-24-25-29-35-40-46-58(3)4)57-81-85(74,75)79-53-60(67)52-78-84(72,73)80-56-61(54-76-63(68)48-42-34-12-10-8-2)82-66(71)51-45-39-33-28-30-36-41-47-59(5)6/h58-62,67H,7-57H2,1-6H3,(H,72,73)(H,74,75)/t60-,61+,62+/m0/s1. The molecule has 2 unspecified atom stereocenters. The molecule has 0 saturated heterocycles. The van der Waals surface area contributed by atoms with Crippen LogP contribution in [-0.2, 0) is 65.4 Å². The van der Waals surface area contributed by atoms with Gasteiger partial charge in [0, 0.05) is 25.7 Å². The number of unbranched alkanes of at least 4 members (excludes halogenated alkanes) is 35. The minimum Gasteiger partial charge on any atom is -0.462 e. The van der Waals surface area contributed by atoms with Crippen LogP contribution in [0.3, 0.4) is 0 Å². The zero-order chi connectivity index (χ0) is 62.9. The second-order valence-corrected chi connectivity index (χ2v) is 27.7. The maximum Gasteiger partial charge on any atom is 0.472 e. The van der Waals surface area contributed by atoms with Gasteiger partial charge in [-0.15, -0.1) is 0 Å². The average molecular weight is 1260 g/mol. The number of hydrogen-bond donors (Lipinski definition) is 3. The highest BCUT2D eigenvalue weighted by Crippen LogP contribution is 2.45. The maximum absolute atomic E-state index is 13.0. The van der Waals surface area contributed by atoms with Crippen molar-refractivity contribution in [1.82, 2.24) is 0 Å². The molecule has 0 spiro atoms. The molecule has 0 aliphatic rings. The third-order valence-electron chi connectivity index (χ3n) is 15.2. The quantitative estimate of drug-likeness (QED) is 0.0222. The second kappa shape index (κ2) is 58.4. The van der Waals surface area contributed by atoms with E-state index in [2.05, 4.69) is 41.5 Å². The Morgan fingerprint density at radius 3 is 0.800 bits per heavy atom. The van der Waals surface area contributed by atoms with Crippen LogP contribution >= 0.6 is 15.6 Å². The lowest BCUT2D eigenvalue weighted by atomic mass is 10.0. The maximum atomic E-state index is 13.0. The van der Waals surface area contributed by atoms with E-state index < -0.39 is 97.5 Å². The van der Waals surface area contributed by atoms with Crippen LogP contribution in [0.4, 0.5) is 0 Å². The highest BCUT2D eigenvalue weighted by Gasteiger charge is 2.30. The SMILES string of the molecule is CCCCCCCCCCCCCCCCCCCCC(=O)O[C@H](COC(=O)CCCCCCCCCCCC(C)C)COP(=O)(O)OC[C@@H](O)COP(=O)(O)OC[C@@H](COC(=O)CCCCCCC)OC(=O)CCCCCCCCCC(C)C. The van der Waals surface area contributed by atoms with Crippen molar-refractivity contribution in [3.05, 3.63) is 0 Å². The van der Waals surface area contributed by atoms with Gasteiger partial charge in [-0.25, -0.2) is 9.13 Å². The number of carbonyl (C=O) groups excluding carboxylic acids is 4. The molecule has 0 aromatic carbocycles. The van der Waals surface area contributed by atoms with Gasteiger partial charge in [-0.2, -0.15) is 0 Å². The van der Waals surface area contributed by atoms with Crippen LogP contribution in [0.2, 0.25) is 0 Å². The van der Waals surface area contributed by atoms with E-state index >= 15 is 0 Å². The minimum absolute atomic E-state index is 0.102. The van der Waals surface area contributed by atoms with E-state index in [1.807, 2.05) is 0 Å². The lowest BCUT2D eigenvalue weighted by Crippen LogP contribution is -2.30. The summed E-state index contributed by atoms with van der Waals surface area (Å²) in [6.45, 7) is 9.34. The van der Waals surface area contributed by atoms with Gasteiger partial charge >= 0.3 is 39.5 Å². The van der Waals surface area contributed by atoms with E-state index in [1.165, 1.54) is 141 Å². The van der Waals surface area contributed by atoms with Crippen molar-refractivity contribution < 1.29 is 80.2 Å². The summed E-state index contributed by atoms with van der Waals surface area (Å²) in [7, 11) is -9.88. The number of ether oxygens (including phenoxy) is 4. The Hall–Kier alpha value is -1.94. The first kappa shape index (κ1) is 83.1. The van der Waals surface area contributed by atoms with Crippen molar-refractivity contribution in [3.8, 4) is 0 Å². The summed E-state index contributed by atoms with van der Waals surface area (Å²) in [4.78, 5) is 72.0. The van der Waals surface area contributed by atoms with E-state index in [4.69, 9.17) is 37.0 Å². The summed E-state index contributed by atoms with van der Waals surface area (Å²) in [5.41, 5.74) is 0. The molecule has 17 nitrogen and oxygen atoms in total. The molecular formula is C66H128O17P2. The number of esters is 4. The van der Waals surface area contributed by atoms with Gasteiger partial charge in [-0.1, -0.05) is 279 Å². The van der Waals surface area contributed by atoms with Gasteiger partial charge in [0.15, 0.2) is 12.2 Å². The van der Waals surface area contributed by atoms with Gasteiger partial charge in [0.2, 0.25) is 0 Å². The van der Waals surface area contributed by atoms with E-state index in [1.54, 1.807) is 0 Å². The van der Waals surface area contributed by atoms with Gasteiger partial charge in [0.05, 0.1) is 26.4 Å². The van der Waals surface area contributed by atoms with Crippen LogP contribution in [0.15, 0.2) is 0 Å². The zero-order valence-corrected chi connectivity index (χ0v) is 56.7. The molecule has 0 radical (unpaired) electrons. The van der Waals surface area contributed by atoms with Crippen molar-refractivity contribution >= 4 is 39.5 Å². The zero-order valence-electron chi connectivity index (χ0n) is 54.9. The number of phosphoric acid groups is 2. The monoisotopic (exact) mass is 1250 g/mol. The molecule has 0 aromatic heterocycles. The van der Waals surface area contributed by atoms with Gasteiger partial charge in [-0.05, 0) is 37.5 Å².